The van der Waals surface area contributed by atoms with Crippen molar-refractivity contribution in [3.63, 3.8) is 0 Å². The maximum atomic E-state index is 11.9. The van der Waals surface area contributed by atoms with Crippen molar-refractivity contribution >= 4 is 5.78 Å². The van der Waals surface area contributed by atoms with Gasteiger partial charge in [-0.15, -0.1) is 0 Å². The maximum Gasteiger partial charge on any atom is 0.195 e. The average molecular weight is 274 g/mol. The topological polar surface area (TPSA) is 46.5 Å². The van der Waals surface area contributed by atoms with Crippen LogP contribution in [0.25, 0.3) is 0 Å². The SMILES string of the molecule is C.COC.O=C(c1ccccc1)C(O)c1ccccc1. The van der Waals surface area contributed by atoms with E-state index in [0.717, 1.165) is 0 Å². The molecule has 108 valence electrons. The van der Waals surface area contributed by atoms with Gasteiger partial charge in [-0.2, -0.15) is 0 Å². The van der Waals surface area contributed by atoms with Gasteiger partial charge in [0.15, 0.2) is 5.78 Å². The van der Waals surface area contributed by atoms with Crippen LogP contribution in [0.2, 0.25) is 0 Å². The lowest BCUT2D eigenvalue weighted by molar-refractivity contribution is 0.0747. The highest BCUT2D eigenvalue weighted by Crippen LogP contribution is 2.17. The zero-order chi connectivity index (χ0) is 14.1. The fourth-order valence-corrected chi connectivity index (χ4v) is 1.55. The summed E-state index contributed by atoms with van der Waals surface area (Å²) in [6.07, 6.45) is -1.08. The molecular weight excluding hydrogens is 252 g/mol. The van der Waals surface area contributed by atoms with E-state index in [-0.39, 0.29) is 13.2 Å². The number of aliphatic hydroxyl groups excluding tert-OH is 1. The number of carbonyl (C=O) groups excluding carboxylic acids is 1. The van der Waals surface area contributed by atoms with Crippen molar-refractivity contribution in [3.05, 3.63) is 71.8 Å². The van der Waals surface area contributed by atoms with Gasteiger partial charge in [-0.1, -0.05) is 68.1 Å². The molecule has 0 amide bonds. The first-order valence-corrected chi connectivity index (χ1v) is 5.93. The predicted molar refractivity (Wildman–Crippen MR) is 81.8 cm³/mol. The van der Waals surface area contributed by atoms with Crippen LogP contribution in [0.1, 0.15) is 29.5 Å². The van der Waals surface area contributed by atoms with Gasteiger partial charge in [-0.3, -0.25) is 4.79 Å². The van der Waals surface area contributed by atoms with E-state index in [9.17, 15) is 9.90 Å². The number of methoxy groups -OCH3 is 1. The summed E-state index contributed by atoms with van der Waals surface area (Å²) < 4.78 is 4.25. The average Bonchev–Trinajstić information content (AvgIpc) is 2.48. The lowest BCUT2D eigenvalue weighted by Crippen LogP contribution is -2.11. The van der Waals surface area contributed by atoms with Crippen molar-refractivity contribution in [1.29, 1.82) is 0 Å². The van der Waals surface area contributed by atoms with Crippen molar-refractivity contribution in [2.24, 2.45) is 0 Å². The molecular formula is C17H22O3. The Hall–Kier alpha value is -1.97. The van der Waals surface area contributed by atoms with Crippen LogP contribution in [0.15, 0.2) is 60.7 Å². The molecule has 0 saturated carbocycles. The third-order valence-electron chi connectivity index (χ3n) is 2.42. The van der Waals surface area contributed by atoms with Gasteiger partial charge in [0.2, 0.25) is 0 Å². The molecule has 1 unspecified atom stereocenters. The Morgan fingerprint density at radius 3 is 1.80 bits per heavy atom. The molecule has 0 aliphatic heterocycles. The quantitative estimate of drug-likeness (QED) is 0.871. The minimum atomic E-state index is -1.08. The Kier molecular flexibility index (Phi) is 8.92. The summed E-state index contributed by atoms with van der Waals surface area (Å²) in [6.45, 7) is 0. The van der Waals surface area contributed by atoms with Crippen LogP contribution in [-0.4, -0.2) is 25.1 Å². The van der Waals surface area contributed by atoms with Crippen LogP contribution in [0.4, 0.5) is 0 Å². The summed E-state index contributed by atoms with van der Waals surface area (Å²) >= 11 is 0. The van der Waals surface area contributed by atoms with Gasteiger partial charge in [-0.25, -0.2) is 0 Å². The van der Waals surface area contributed by atoms with Crippen LogP contribution in [-0.2, 0) is 4.74 Å². The van der Waals surface area contributed by atoms with E-state index >= 15 is 0 Å². The first-order valence-electron chi connectivity index (χ1n) is 5.93. The van der Waals surface area contributed by atoms with Gasteiger partial charge in [0.05, 0.1) is 0 Å². The van der Waals surface area contributed by atoms with Crippen LogP contribution < -0.4 is 0 Å². The van der Waals surface area contributed by atoms with Gasteiger partial charge < -0.3 is 9.84 Å². The highest BCUT2D eigenvalue weighted by atomic mass is 16.4. The van der Waals surface area contributed by atoms with E-state index in [1.807, 2.05) is 12.1 Å². The largest absolute Gasteiger partial charge is 0.388 e. The summed E-state index contributed by atoms with van der Waals surface area (Å²) in [6, 6.07) is 17.7. The van der Waals surface area contributed by atoms with Gasteiger partial charge in [0.25, 0.3) is 0 Å². The van der Waals surface area contributed by atoms with E-state index in [4.69, 9.17) is 0 Å². The molecule has 0 bridgehead atoms. The second kappa shape index (κ2) is 9.89. The third-order valence-corrected chi connectivity index (χ3v) is 2.42. The van der Waals surface area contributed by atoms with Crippen molar-refractivity contribution in [1.82, 2.24) is 0 Å². The highest BCUT2D eigenvalue weighted by Gasteiger charge is 2.18. The standard InChI is InChI=1S/C14H12O2.C2H6O.CH4/c15-13(11-7-3-1-4-8-11)14(16)12-9-5-2-6-10-12;1-3-2;/h1-10,13,15H;1-2H3;1H4. The molecule has 1 atom stereocenters. The van der Waals surface area contributed by atoms with Crippen molar-refractivity contribution in [2.75, 3.05) is 14.2 Å². The number of carbonyl (C=O) groups is 1. The minimum Gasteiger partial charge on any atom is -0.388 e. The van der Waals surface area contributed by atoms with E-state index in [1.54, 1.807) is 62.8 Å². The second-order valence-corrected chi connectivity index (χ2v) is 3.95. The van der Waals surface area contributed by atoms with Crippen LogP contribution >= 0.6 is 0 Å². The Morgan fingerprint density at radius 1 is 0.950 bits per heavy atom. The monoisotopic (exact) mass is 274 g/mol. The molecule has 2 rings (SSSR count). The van der Waals surface area contributed by atoms with E-state index in [0.29, 0.717) is 11.1 Å². The second-order valence-electron chi connectivity index (χ2n) is 3.95. The summed E-state index contributed by atoms with van der Waals surface area (Å²) in [5.41, 5.74) is 1.15. The molecule has 3 heteroatoms. The van der Waals surface area contributed by atoms with E-state index < -0.39 is 6.10 Å². The number of benzene rings is 2. The Balaban J connectivity index is 0.000000830. The summed E-state index contributed by atoms with van der Waals surface area (Å²) in [7, 11) is 3.25. The third kappa shape index (κ3) is 5.34. The fraction of sp³-hybridized carbons (Fsp3) is 0.235. The van der Waals surface area contributed by atoms with Crippen molar-refractivity contribution < 1.29 is 14.6 Å². The van der Waals surface area contributed by atoms with Gasteiger partial charge in [0, 0.05) is 19.8 Å². The Morgan fingerprint density at radius 2 is 1.35 bits per heavy atom. The predicted octanol–water partition coefficient (Wildman–Crippen LogP) is 3.50. The fourth-order valence-electron chi connectivity index (χ4n) is 1.55. The molecule has 0 aliphatic carbocycles. The molecule has 3 nitrogen and oxygen atoms in total. The van der Waals surface area contributed by atoms with Gasteiger partial charge >= 0.3 is 0 Å². The van der Waals surface area contributed by atoms with Crippen LogP contribution in [0.3, 0.4) is 0 Å². The molecule has 20 heavy (non-hydrogen) atoms. The molecule has 2 aromatic carbocycles. The number of aliphatic hydroxyl groups is 1. The molecule has 0 aliphatic rings. The molecule has 0 heterocycles. The normalized spacial score (nSPS) is 10.6. The number of hydrogen-bond donors (Lipinski definition) is 1. The lowest BCUT2D eigenvalue weighted by atomic mass is 10.0. The van der Waals surface area contributed by atoms with E-state index in [1.165, 1.54) is 0 Å². The molecule has 0 fully saturated rings. The zero-order valence-corrected chi connectivity index (χ0v) is 11.1. The molecule has 2 aromatic rings. The number of ketones is 1. The summed E-state index contributed by atoms with van der Waals surface area (Å²) in [5, 5.41) is 9.89. The highest BCUT2D eigenvalue weighted by molar-refractivity contribution is 5.99. The minimum absolute atomic E-state index is 0. The van der Waals surface area contributed by atoms with Crippen LogP contribution in [0.5, 0.6) is 0 Å². The Labute approximate surface area is 120 Å². The van der Waals surface area contributed by atoms with E-state index in [2.05, 4.69) is 4.74 Å². The van der Waals surface area contributed by atoms with Crippen molar-refractivity contribution in [3.8, 4) is 0 Å². The number of Topliss-reactive ketones (excluding diaryl/α,β-unsaturated/α-hetero) is 1. The molecule has 1 N–H and O–H groups in total. The molecule has 0 radical (unpaired) electrons. The molecule has 0 spiro atoms. The lowest BCUT2D eigenvalue weighted by Gasteiger charge is -2.09. The number of ether oxygens (including phenoxy) is 1. The summed E-state index contributed by atoms with van der Waals surface area (Å²) in [5.74, 6) is -0.271. The number of rotatable bonds is 3. The zero-order valence-electron chi connectivity index (χ0n) is 11.1. The smallest absolute Gasteiger partial charge is 0.195 e. The van der Waals surface area contributed by atoms with Gasteiger partial charge in [-0.05, 0) is 5.56 Å². The Bertz CT molecular complexity index is 480. The van der Waals surface area contributed by atoms with Gasteiger partial charge in [0.1, 0.15) is 6.10 Å². The summed E-state index contributed by atoms with van der Waals surface area (Å²) in [4.78, 5) is 11.9. The molecule has 0 saturated heterocycles. The number of hydrogen-bond acceptors (Lipinski definition) is 3. The molecule has 0 aromatic heterocycles. The first kappa shape index (κ1) is 18.0. The van der Waals surface area contributed by atoms with Crippen LogP contribution in [0, 0.1) is 0 Å². The maximum absolute atomic E-state index is 11.9. The first-order chi connectivity index (χ1) is 9.20. The van der Waals surface area contributed by atoms with Crippen molar-refractivity contribution in [2.45, 2.75) is 13.5 Å².